The number of aryl methyl sites for hydroxylation is 1. The van der Waals surface area contributed by atoms with E-state index in [-0.39, 0.29) is 0 Å². The highest BCUT2D eigenvalue weighted by molar-refractivity contribution is 9.10. The van der Waals surface area contributed by atoms with Gasteiger partial charge in [0.05, 0.1) is 0 Å². The fourth-order valence-electron chi connectivity index (χ4n) is 1.93. The van der Waals surface area contributed by atoms with Crippen LogP contribution in [0, 0.1) is 0 Å². The monoisotopic (exact) mass is 248 g/mol. The first-order valence-corrected chi connectivity index (χ1v) is 5.51. The Kier molecular flexibility index (Phi) is 1.77. The van der Waals surface area contributed by atoms with Crippen molar-refractivity contribution >= 4 is 33.0 Å². The minimum absolute atomic E-state index is 0.982. The number of rotatable bonds is 0. The van der Waals surface area contributed by atoms with Gasteiger partial charge in [-0.3, -0.25) is 0 Å². The third kappa shape index (κ3) is 1.14. The van der Waals surface area contributed by atoms with Crippen molar-refractivity contribution in [3.05, 3.63) is 40.1 Å². The quantitative estimate of drug-likeness (QED) is 0.683. The third-order valence-electron chi connectivity index (χ3n) is 2.59. The molecule has 2 heteroatoms. The van der Waals surface area contributed by atoms with Crippen LogP contribution in [0.1, 0.15) is 17.7 Å². The van der Waals surface area contributed by atoms with Gasteiger partial charge in [0, 0.05) is 21.8 Å². The van der Waals surface area contributed by atoms with Gasteiger partial charge in [0.2, 0.25) is 0 Å². The van der Waals surface area contributed by atoms with Crippen molar-refractivity contribution in [1.29, 1.82) is 0 Å². The average Bonchev–Trinajstić information content (AvgIpc) is 2.54. The molecular formula is C12H9BrO. The first-order chi connectivity index (χ1) is 6.84. The molecule has 1 aliphatic carbocycles. The molecule has 1 heterocycles. The predicted octanol–water partition coefficient (Wildman–Crippen LogP) is 4.15. The third-order valence-corrected chi connectivity index (χ3v) is 3.08. The SMILES string of the molecule is Brc1ccc2c3c(oc2c1)CCC=C3. The number of hydrogen-bond donors (Lipinski definition) is 0. The van der Waals surface area contributed by atoms with Gasteiger partial charge in [0.25, 0.3) is 0 Å². The van der Waals surface area contributed by atoms with E-state index in [0.29, 0.717) is 0 Å². The highest BCUT2D eigenvalue weighted by Gasteiger charge is 2.13. The molecule has 0 bridgehead atoms. The van der Waals surface area contributed by atoms with Crippen LogP contribution < -0.4 is 0 Å². The Bertz CT molecular complexity index is 522. The maximum atomic E-state index is 5.79. The molecule has 0 saturated heterocycles. The predicted molar refractivity (Wildman–Crippen MR) is 61.3 cm³/mol. The van der Waals surface area contributed by atoms with Crippen LogP contribution in [0.2, 0.25) is 0 Å². The zero-order chi connectivity index (χ0) is 9.54. The van der Waals surface area contributed by atoms with Crippen molar-refractivity contribution in [3.63, 3.8) is 0 Å². The molecule has 1 aromatic heterocycles. The Labute approximate surface area is 90.5 Å². The van der Waals surface area contributed by atoms with E-state index in [1.165, 1.54) is 10.9 Å². The van der Waals surface area contributed by atoms with Gasteiger partial charge in [-0.2, -0.15) is 0 Å². The molecule has 0 fully saturated rings. The summed E-state index contributed by atoms with van der Waals surface area (Å²) in [6, 6.07) is 6.19. The van der Waals surface area contributed by atoms with Crippen LogP contribution in [-0.4, -0.2) is 0 Å². The number of benzene rings is 1. The van der Waals surface area contributed by atoms with Crippen molar-refractivity contribution in [2.45, 2.75) is 12.8 Å². The maximum absolute atomic E-state index is 5.79. The standard InChI is InChI=1S/C12H9BrO/c13-8-5-6-10-9-3-1-2-4-11(9)14-12(10)7-8/h1,3,5-7H,2,4H2. The second kappa shape index (κ2) is 2.99. The summed E-state index contributed by atoms with van der Waals surface area (Å²) < 4.78 is 6.86. The van der Waals surface area contributed by atoms with E-state index >= 15 is 0 Å². The van der Waals surface area contributed by atoms with Crippen LogP contribution >= 0.6 is 15.9 Å². The van der Waals surface area contributed by atoms with E-state index in [4.69, 9.17) is 4.42 Å². The lowest BCUT2D eigenvalue weighted by Crippen LogP contribution is -1.87. The normalized spacial score (nSPS) is 14.6. The summed E-state index contributed by atoms with van der Waals surface area (Å²) in [4.78, 5) is 0. The Morgan fingerprint density at radius 3 is 3.14 bits per heavy atom. The lowest BCUT2D eigenvalue weighted by atomic mass is 10.0. The van der Waals surface area contributed by atoms with Gasteiger partial charge in [-0.05, 0) is 24.6 Å². The molecule has 1 aliphatic rings. The number of furan rings is 1. The molecule has 0 radical (unpaired) electrons. The lowest BCUT2D eigenvalue weighted by Gasteiger charge is -2.01. The molecule has 0 amide bonds. The van der Waals surface area contributed by atoms with Gasteiger partial charge in [0.15, 0.2) is 0 Å². The van der Waals surface area contributed by atoms with E-state index in [0.717, 1.165) is 28.7 Å². The molecule has 0 N–H and O–H groups in total. The highest BCUT2D eigenvalue weighted by atomic mass is 79.9. The molecule has 2 aromatic rings. The molecular weight excluding hydrogens is 240 g/mol. The molecule has 14 heavy (non-hydrogen) atoms. The highest BCUT2D eigenvalue weighted by Crippen LogP contribution is 2.32. The topological polar surface area (TPSA) is 13.1 Å². The molecule has 0 aliphatic heterocycles. The molecule has 0 atom stereocenters. The van der Waals surface area contributed by atoms with Gasteiger partial charge < -0.3 is 4.42 Å². The first kappa shape index (κ1) is 8.30. The minimum atomic E-state index is 0.982. The molecule has 0 spiro atoms. The van der Waals surface area contributed by atoms with E-state index in [1.54, 1.807) is 0 Å². The van der Waals surface area contributed by atoms with Crippen LogP contribution in [0.3, 0.4) is 0 Å². The Balaban J connectivity index is 2.38. The van der Waals surface area contributed by atoms with Gasteiger partial charge in [-0.1, -0.05) is 28.1 Å². The fourth-order valence-corrected chi connectivity index (χ4v) is 2.27. The summed E-state index contributed by atoms with van der Waals surface area (Å²) in [6.07, 6.45) is 6.49. The maximum Gasteiger partial charge on any atom is 0.136 e. The van der Waals surface area contributed by atoms with Crippen molar-refractivity contribution in [3.8, 4) is 0 Å². The smallest absolute Gasteiger partial charge is 0.136 e. The first-order valence-electron chi connectivity index (χ1n) is 4.72. The fraction of sp³-hybridized carbons (Fsp3) is 0.167. The second-order valence-corrected chi connectivity index (χ2v) is 4.44. The number of hydrogen-bond acceptors (Lipinski definition) is 1. The minimum Gasteiger partial charge on any atom is -0.460 e. The largest absolute Gasteiger partial charge is 0.460 e. The van der Waals surface area contributed by atoms with Crippen molar-refractivity contribution in [2.24, 2.45) is 0 Å². The zero-order valence-electron chi connectivity index (χ0n) is 7.59. The Hall–Kier alpha value is -1.02. The summed E-state index contributed by atoms with van der Waals surface area (Å²) in [6.45, 7) is 0. The van der Waals surface area contributed by atoms with Crippen LogP contribution in [0.25, 0.3) is 17.0 Å². The van der Waals surface area contributed by atoms with E-state index < -0.39 is 0 Å². The Morgan fingerprint density at radius 2 is 2.21 bits per heavy atom. The van der Waals surface area contributed by atoms with Crippen LogP contribution in [0.15, 0.2) is 33.2 Å². The summed E-state index contributed by atoms with van der Waals surface area (Å²) >= 11 is 3.45. The van der Waals surface area contributed by atoms with Crippen LogP contribution in [0.5, 0.6) is 0 Å². The van der Waals surface area contributed by atoms with Gasteiger partial charge in [-0.15, -0.1) is 0 Å². The van der Waals surface area contributed by atoms with E-state index in [2.05, 4.69) is 40.2 Å². The van der Waals surface area contributed by atoms with Crippen LogP contribution in [0.4, 0.5) is 0 Å². The van der Waals surface area contributed by atoms with E-state index in [9.17, 15) is 0 Å². The number of halogens is 1. The number of allylic oxidation sites excluding steroid dienone is 1. The lowest BCUT2D eigenvalue weighted by molar-refractivity contribution is 0.546. The van der Waals surface area contributed by atoms with Gasteiger partial charge >= 0.3 is 0 Å². The molecule has 3 rings (SSSR count). The summed E-state index contributed by atoms with van der Waals surface area (Å²) in [5, 5.41) is 1.22. The molecule has 0 unspecified atom stereocenters. The summed E-state index contributed by atoms with van der Waals surface area (Å²) in [5.41, 5.74) is 2.25. The Morgan fingerprint density at radius 1 is 1.29 bits per heavy atom. The summed E-state index contributed by atoms with van der Waals surface area (Å²) in [5.74, 6) is 1.13. The van der Waals surface area contributed by atoms with Crippen molar-refractivity contribution in [2.75, 3.05) is 0 Å². The van der Waals surface area contributed by atoms with Crippen molar-refractivity contribution in [1.82, 2.24) is 0 Å². The van der Waals surface area contributed by atoms with Gasteiger partial charge in [0.1, 0.15) is 11.3 Å². The van der Waals surface area contributed by atoms with Gasteiger partial charge in [-0.25, -0.2) is 0 Å². The zero-order valence-corrected chi connectivity index (χ0v) is 9.17. The summed E-state index contributed by atoms with van der Waals surface area (Å²) in [7, 11) is 0. The van der Waals surface area contributed by atoms with Crippen molar-refractivity contribution < 1.29 is 4.42 Å². The van der Waals surface area contributed by atoms with Crippen LogP contribution in [-0.2, 0) is 6.42 Å². The van der Waals surface area contributed by atoms with E-state index in [1.807, 2.05) is 6.07 Å². The number of fused-ring (bicyclic) bond motifs is 3. The second-order valence-electron chi connectivity index (χ2n) is 3.52. The molecule has 1 nitrogen and oxygen atoms in total. The molecule has 1 aromatic carbocycles. The molecule has 0 saturated carbocycles. The molecule has 70 valence electrons. The average molecular weight is 249 g/mol.